The average molecular weight is 320 g/mol. The Morgan fingerprint density at radius 3 is 2.50 bits per heavy atom. The monoisotopic (exact) mass is 320 g/mol. The molecule has 0 N–H and O–H groups in total. The highest BCUT2D eigenvalue weighted by molar-refractivity contribution is 5.79. The van der Waals surface area contributed by atoms with Crippen LogP contribution in [0.1, 0.15) is 67.2 Å². The lowest BCUT2D eigenvalue weighted by Gasteiger charge is -2.22. The van der Waals surface area contributed by atoms with Gasteiger partial charge in [0, 0.05) is 5.56 Å². The molecule has 1 aliphatic rings. The van der Waals surface area contributed by atoms with Crippen molar-refractivity contribution in [3.63, 3.8) is 0 Å². The summed E-state index contributed by atoms with van der Waals surface area (Å²) in [6, 6.07) is 17.0. The number of nitrogens with zero attached hydrogens (tertiary/aromatic N) is 1. The maximum Gasteiger partial charge on any atom is 0.142 e. The molecule has 0 unspecified atom stereocenters. The van der Waals surface area contributed by atoms with E-state index in [0.717, 1.165) is 17.5 Å². The van der Waals surface area contributed by atoms with Crippen LogP contribution in [0.3, 0.4) is 0 Å². The molecule has 0 aliphatic heterocycles. The second-order valence-corrected chi connectivity index (χ2v) is 6.61. The van der Waals surface area contributed by atoms with Gasteiger partial charge in [-0.15, -0.1) is 0 Å². The third-order valence-electron chi connectivity index (χ3n) is 4.86. The third-order valence-corrected chi connectivity index (χ3v) is 4.86. The highest BCUT2D eigenvalue weighted by Crippen LogP contribution is 2.32. The highest BCUT2D eigenvalue weighted by Gasteiger charge is 2.15. The standard InChI is InChI=1S/C22H26NO/c1-2-18-11-13-19(14-12-18)17-24-23-16-20-7-6-10-22(15-20)21-8-4-3-5-9-21/h6-7,10-15,21H,2-5,8-9,17H2,1H3. The van der Waals surface area contributed by atoms with E-state index in [1.54, 1.807) is 0 Å². The van der Waals surface area contributed by atoms with Crippen LogP contribution in [0.15, 0.2) is 53.7 Å². The molecule has 0 heterocycles. The van der Waals surface area contributed by atoms with Gasteiger partial charge in [-0.1, -0.05) is 73.8 Å². The summed E-state index contributed by atoms with van der Waals surface area (Å²) in [5, 5.41) is 4.02. The lowest BCUT2D eigenvalue weighted by atomic mass is 9.84. The molecule has 0 atom stereocenters. The van der Waals surface area contributed by atoms with E-state index < -0.39 is 0 Å². The van der Waals surface area contributed by atoms with Crippen LogP contribution in [0.25, 0.3) is 0 Å². The van der Waals surface area contributed by atoms with Gasteiger partial charge in [-0.2, -0.15) is 0 Å². The summed E-state index contributed by atoms with van der Waals surface area (Å²) in [6.07, 6.45) is 10.8. The Labute approximate surface area is 145 Å². The summed E-state index contributed by atoms with van der Waals surface area (Å²) in [5.74, 6) is 0.707. The summed E-state index contributed by atoms with van der Waals surface area (Å²) >= 11 is 0. The summed E-state index contributed by atoms with van der Waals surface area (Å²) in [7, 11) is 0. The number of hydrogen-bond acceptors (Lipinski definition) is 2. The van der Waals surface area contributed by atoms with Gasteiger partial charge in [0.1, 0.15) is 12.8 Å². The van der Waals surface area contributed by atoms with Gasteiger partial charge in [-0.25, -0.2) is 0 Å². The number of rotatable bonds is 6. The molecule has 0 spiro atoms. The fraction of sp³-hybridized carbons (Fsp3) is 0.409. The second-order valence-electron chi connectivity index (χ2n) is 6.61. The molecule has 2 aromatic carbocycles. The molecule has 1 saturated carbocycles. The maximum atomic E-state index is 5.40. The molecule has 2 aromatic rings. The van der Waals surface area contributed by atoms with E-state index in [9.17, 15) is 0 Å². The minimum atomic E-state index is 0.485. The first-order chi connectivity index (χ1) is 11.8. The minimum absolute atomic E-state index is 0.485. The normalized spacial score (nSPS) is 15.7. The second kappa shape index (κ2) is 8.68. The quantitative estimate of drug-likeness (QED) is 0.492. The van der Waals surface area contributed by atoms with Crippen molar-refractivity contribution >= 4 is 6.21 Å². The van der Waals surface area contributed by atoms with Crippen molar-refractivity contribution in [3.05, 3.63) is 70.8 Å². The van der Waals surface area contributed by atoms with Crippen LogP contribution in [0.2, 0.25) is 0 Å². The summed E-state index contributed by atoms with van der Waals surface area (Å²) in [4.78, 5) is 5.40. The molecular formula is C22H26NO. The molecule has 2 nitrogen and oxygen atoms in total. The number of benzene rings is 2. The van der Waals surface area contributed by atoms with Gasteiger partial charge in [0.25, 0.3) is 0 Å². The van der Waals surface area contributed by atoms with Gasteiger partial charge < -0.3 is 4.84 Å². The first kappa shape index (κ1) is 16.8. The molecule has 125 valence electrons. The van der Waals surface area contributed by atoms with Crippen LogP contribution >= 0.6 is 0 Å². The van der Waals surface area contributed by atoms with Crippen molar-refractivity contribution in [2.75, 3.05) is 0 Å². The van der Waals surface area contributed by atoms with Crippen LogP contribution in [-0.4, -0.2) is 6.21 Å². The first-order valence-electron chi connectivity index (χ1n) is 9.11. The van der Waals surface area contributed by atoms with E-state index in [1.807, 2.05) is 6.07 Å². The molecule has 1 fully saturated rings. The average Bonchev–Trinajstić information content (AvgIpc) is 2.67. The van der Waals surface area contributed by atoms with Gasteiger partial charge in [-0.3, -0.25) is 0 Å². The van der Waals surface area contributed by atoms with E-state index >= 15 is 0 Å². The SMILES string of the molecule is CCc1ccc(CO/N=[C]\c2cccc(C3CCCCC3)c2)cc1. The molecule has 0 aromatic heterocycles. The fourth-order valence-electron chi connectivity index (χ4n) is 3.36. The van der Waals surface area contributed by atoms with E-state index in [0.29, 0.717) is 12.5 Å². The van der Waals surface area contributed by atoms with Crippen molar-refractivity contribution < 1.29 is 4.84 Å². The van der Waals surface area contributed by atoms with Crippen molar-refractivity contribution in [2.24, 2.45) is 5.16 Å². The largest absolute Gasteiger partial charge is 0.390 e. The minimum Gasteiger partial charge on any atom is -0.390 e. The highest BCUT2D eigenvalue weighted by atomic mass is 16.6. The van der Waals surface area contributed by atoms with Gasteiger partial charge in [0.2, 0.25) is 0 Å². The lowest BCUT2D eigenvalue weighted by molar-refractivity contribution is 0.132. The van der Waals surface area contributed by atoms with Crippen LogP contribution in [0, 0.1) is 0 Å². The third kappa shape index (κ3) is 4.70. The molecule has 0 saturated heterocycles. The maximum absolute atomic E-state index is 5.40. The van der Waals surface area contributed by atoms with Gasteiger partial charge >= 0.3 is 0 Å². The van der Waals surface area contributed by atoms with Crippen LogP contribution in [0.5, 0.6) is 0 Å². The molecule has 24 heavy (non-hydrogen) atoms. The molecule has 0 bridgehead atoms. The number of hydrogen-bond donors (Lipinski definition) is 0. The van der Waals surface area contributed by atoms with Crippen molar-refractivity contribution in [1.29, 1.82) is 0 Å². The molecule has 1 aliphatic carbocycles. The Bertz CT molecular complexity index is 654. The Morgan fingerprint density at radius 1 is 1.00 bits per heavy atom. The zero-order valence-corrected chi connectivity index (χ0v) is 14.5. The van der Waals surface area contributed by atoms with Crippen molar-refractivity contribution in [2.45, 2.75) is 58.0 Å². The van der Waals surface area contributed by atoms with E-state index in [2.05, 4.69) is 60.8 Å². The summed E-state index contributed by atoms with van der Waals surface area (Å²) in [5.41, 5.74) is 4.89. The molecule has 3 rings (SSSR count). The topological polar surface area (TPSA) is 21.6 Å². The van der Waals surface area contributed by atoms with Crippen LogP contribution < -0.4 is 0 Å². The summed E-state index contributed by atoms with van der Waals surface area (Å²) < 4.78 is 0. The van der Waals surface area contributed by atoms with Gasteiger partial charge in [-0.05, 0) is 47.9 Å². The van der Waals surface area contributed by atoms with Gasteiger partial charge in [0.15, 0.2) is 0 Å². The van der Waals surface area contributed by atoms with E-state index in [1.165, 1.54) is 43.2 Å². The van der Waals surface area contributed by atoms with Gasteiger partial charge in [0.05, 0.1) is 0 Å². The Balaban J connectivity index is 1.54. The van der Waals surface area contributed by atoms with Crippen LogP contribution in [0.4, 0.5) is 0 Å². The van der Waals surface area contributed by atoms with Crippen LogP contribution in [-0.2, 0) is 17.9 Å². The Morgan fingerprint density at radius 2 is 1.75 bits per heavy atom. The first-order valence-corrected chi connectivity index (χ1v) is 9.11. The molecule has 0 amide bonds. The number of aryl methyl sites for hydroxylation is 1. The fourth-order valence-corrected chi connectivity index (χ4v) is 3.36. The molecule has 1 radical (unpaired) electrons. The van der Waals surface area contributed by atoms with Crippen molar-refractivity contribution in [3.8, 4) is 0 Å². The Hall–Kier alpha value is -2.09. The smallest absolute Gasteiger partial charge is 0.142 e. The van der Waals surface area contributed by atoms with E-state index in [4.69, 9.17) is 4.84 Å². The molecular weight excluding hydrogens is 294 g/mol. The lowest BCUT2D eigenvalue weighted by Crippen LogP contribution is -2.04. The Kier molecular flexibility index (Phi) is 6.06. The van der Waals surface area contributed by atoms with E-state index in [-0.39, 0.29) is 0 Å². The molecule has 2 heteroatoms. The predicted molar refractivity (Wildman–Crippen MR) is 99.4 cm³/mol. The predicted octanol–water partition coefficient (Wildman–Crippen LogP) is 5.72. The van der Waals surface area contributed by atoms with Crippen molar-refractivity contribution in [1.82, 2.24) is 0 Å². The summed E-state index contributed by atoms with van der Waals surface area (Å²) in [6.45, 7) is 2.64. The zero-order chi connectivity index (χ0) is 16.6. The zero-order valence-electron chi connectivity index (χ0n) is 14.5.